The van der Waals surface area contributed by atoms with Gasteiger partial charge in [-0.05, 0) is 19.3 Å². The van der Waals surface area contributed by atoms with E-state index in [0.717, 1.165) is 18.7 Å². The van der Waals surface area contributed by atoms with E-state index < -0.39 is 0 Å². The van der Waals surface area contributed by atoms with Crippen molar-refractivity contribution >= 4 is 5.91 Å². The van der Waals surface area contributed by atoms with Gasteiger partial charge < -0.3 is 19.3 Å². The Labute approximate surface area is 136 Å². The molecule has 0 aromatic carbocycles. The van der Waals surface area contributed by atoms with E-state index in [1.165, 1.54) is 12.8 Å². The summed E-state index contributed by atoms with van der Waals surface area (Å²) in [6.07, 6.45) is 6.11. The van der Waals surface area contributed by atoms with Crippen molar-refractivity contribution in [3.05, 3.63) is 11.7 Å². The van der Waals surface area contributed by atoms with Gasteiger partial charge in [0.15, 0.2) is 5.82 Å². The highest BCUT2D eigenvalue weighted by Gasteiger charge is 2.27. The van der Waals surface area contributed by atoms with Gasteiger partial charge in [0.2, 0.25) is 11.8 Å². The van der Waals surface area contributed by atoms with Crippen molar-refractivity contribution in [1.29, 1.82) is 0 Å². The van der Waals surface area contributed by atoms with Crippen molar-refractivity contribution in [2.24, 2.45) is 0 Å². The van der Waals surface area contributed by atoms with Crippen LogP contribution in [0, 0.1) is 0 Å². The van der Waals surface area contributed by atoms with Gasteiger partial charge in [-0.3, -0.25) is 4.79 Å². The zero-order valence-corrected chi connectivity index (χ0v) is 13.4. The van der Waals surface area contributed by atoms with Gasteiger partial charge in [-0.25, -0.2) is 0 Å². The fourth-order valence-corrected chi connectivity index (χ4v) is 3.45. The number of hydrogen-bond donors (Lipinski definition) is 1. The fourth-order valence-electron chi connectivity index (χ4n) is 3.45. The summed E-state index contributed by atoms with van der Waals surface area (Å²) in [5.74, 6) is 1.84. The minimum absolute atomic E-state index is 0.0296. The Morgan fingerprint density at radius 3 is 2.96 bits per heavy atom. The number of hydrogen-bond acceptors (Lipinski definition) is 6. The largest absolute Gasteiger partial charge is 0.396 e. The maximum atomic E-state index is 12.4. The van der Waals surface area contributed by atoms with Crippen LogP contribution < -0.4 is 0 Å². The van der Waals surface area contributed by atoms with Gasteiger partial charge in [-0.2, -0.15) is 4.98 Å². The molecule has 7 heteroatoms. The quantitative estimate of drug-likeness (QED) is 0.848. The Kier molecular flexibility index (Phi) is 5.61. The summed E-state index contributed by atoms with van der Waals surface area (Å²) in [5, 5.41) is 13.2. The van der Waals surface area contributed by atoms with E-state index >= 15 is 0 Å². The molecule has 1 saturated carbocycles. The number of ether oxygens (including phenoxy) is 1. The van der Waals surface area contributed by atoms with E-state index in [9.17, 15) is 4.79 Å². The zero-order chi connectivity index (χ0) is 16.1. The number of nitrogens with zero attached hydrogens (tertiary/aromatic N) is 3. The first-order valence-corrected chi connectivity index (χ1v) is 8.58. The average molecular weight is 323 g/mol. The molecule has 7 nitrogen and oxygen atoms in total. The molecule has 1 atom stereocenters. The molecule has 1 N–H and O–H groups in total. The number of rotatable bonds is 6. The van der Waals surface area contributed by atoms with Crippen LogP contribution in [0.3, 0.4) is 0 Å². The second-order valence-electron chi connectivity index (χ2n) is 6.36. The minimum atomic E-state index is -0.0296. The minimum Gasteiger partial charge on any atom is -0.396 e. The molecule has 2 heterocycles. The predicted molar refractivity (Wildman–Crippen MR) is 81.9 cm³/mol. The van der Waals surface area contributed by atoms with E-state index in [0.29, 0.717) is 50.8 Å². The number of aliphatic hydroxyl groups is 1. The van der Waals surface area contributed by atoms with Crippen molar-refractivity contribution in [2.75, 3.05) is 26.4 Å². The van der Waals surface area contributed by atoms with E-state index in [1.54, 1.807) is 0 Å². The molecular weight excluding hydrogens is 298 g/mol. The molecular formula is C16H25N3O4. The van der Waals surface area contributed by atoms with Crippen LogP contribution >= 0.6 is 0 Å². The third-order valence-corrected chi connectivity index (χ3v) is 4.77. The lowest BCUT2D eigenvalue weighted by Crippen LogP contribution is -2.49. The highest BCUT2D eigenvalue weighted by atomic mass is 16.5. The Morgan fingerprint density at radius 2 is 2.17 bits per heavy atom. The summed E-state index contributed by atoms with van der Waals surface area (Å²) in [6, 6.07) is -0.0296. The van der Waals surface area contributed by atoms with Crippen LogP contribution in [0.5, 0.6) is 0 Å². The SMILES string of the molecule is O=C(CCc1nc(C2CCCC2)no1)N1CCOCC1CCO. The molecule has 128 valence electrons. The third-order valence-electron chi connectivity index (χ3n) is 4.77. The Morgan fingerprint density at radius 1 is 1.35 bits per heavy atom. The van der Waals surface area contributed by atoms with E-state index in [2.05, 4.69) is 10.1 Å². The van der Waals surface area contributed by atoms with Gasteiger partial charge in [-0.15, -0.1) is 0 Å². The van der Waals surface area contributed by atoms with Crippen molar-refractivity contribution < 1.29 is 19.2 Å². The van der Waals surface area contributed by atoms with Crippen LogP contribution in [0.4, 0.5) is 0 Å². The van der Waals surface area contributed by atoms with Crippen LogP contribution in [-0.4, -0.2) is 58.5 Å². The van der Waals surface area contributed by atoms with Crippen LogP contribution in [-0.2, 0) is 16.0 Å². The summed E-state index contributed by atoms with van der Waals surface area (Å²) < 4.78 is 10.7. The normalized spacial score (nSPS) is 22.7. The van der Waals surface area contributed by atoms with Crippen LogP contribution in [0.2, 0.25) is 0 Å². The summed E-state index contributed by atoms with van der Waals surface area (Å²) in [7, 11) is 0. The van der Waals surface area contributed by atoms with Crippen molar-refractivity contribution in [2.45, 2.75) is 56.9 Å². The molecule has 1 saturated heterocycles. The van der Waals surface area contributed by atoms with Crippen molar-refractivity contribution in [3.63, 3.8) is 0 Å². The monoisotopic (exact) mass is 323 g/mol. The number of carbonyl (C=O) groups is 1. The summed E-state index contributed by atoms with van der Waals surface area (Å²) in [5.41, 5.74) is 0. The highest BCUT2D eigenvalue weighted by molar-refractivity contribution is 5.76. The molecule has 2 fully saturated rings. The topological polar surface area (TPSA) is 88.7 Å². The number of aromatic nitrogens is 2. The average Bonchev–Trinajstić information content (AvgIpc) is 3.24. The molecule has 2 aliphatic rings. The fraction of sp³-hybridized carbons (Fsp3) is 0.812. The van der Waals surface area contributed by atoms with Gasteiger partial charge in [0.05, 0.1) is 19.3 Å². The van der Waals surface area contributed by atoms with Gasteiger partial charge >= 0.3 is 0 Å². The molecule has 0 spiro atoms. The molecule has 1 aliphatic carbocycles. The smallest absolute Gasteiger partial charge is 0.227 e. The third kappa shape index (κ3) is 4.09. The number of aliphatic hydroxyl groups excluding tert-OH is 1. The van der Waals surface area contributed by atoms with Crippen molar-refractivity contribution in [3.8, 4) is 0 Å². The first-order valence-electron chi connectivity index (χ1n) is 8.58. The van der Waals surface area contributed by atoms with Crippen LogP contribution in [0.15, 0.2) is 4.52 Å². The molecule has 0 radical (unpaired) electrons. The number of carbonyl (C=O) groups excluding carboxylic acids is 1. The number of aryl methyl sites for hydroxylation is 1. The van der Waals surface area contributed by atoms with Gasteiger partial charge in [0.1, 0.15) is 0 Å². The number of morpholine rings is 1. The predicted octanol–water partition coefficient (Wildman–Crippen LogP) is 1.27. The molecule has 1 aliphatic heterocycles. The first-order chi connectivity index (χ1) is 11.3. The second kappa shape index (κ2) is 7.88. The molecule has 23 heavy (non-hydrogen) atoms. The lowest BCUT2D eigenvalue weighted by Gasteiger charge is -2.35. The maximum absolute atomic E-state index is 12.4. The van der Waals surface area contributed by atoms with Gasteiger partial charge in [0, 0.05) is 31.9 Å². The van der Waals surface area contributed by atoms with Crippen LogP contribution in [0.1, 0.15) is 56.2 Å². The molecule has 1 amide bonds. The summed E-state index contributed by atoms with van der Waals surface area (Å²) in [6.45, 7) is 1.70. The van der Waals surface area contributed by atoms with Crippen LogP contribution in [0.25, 0.3) is 0 Å². The highest BCUT2D eigenvalue weighted by Crippen LogP contribution is 2.32. The molecule has 1 aromatic heterocycles. The second-order valence-corrected chi connectivity index (χ2v) is 6.36. The molecule has 1 aromatic rings. The molecule has 3 rings (SSSR count). The Balaban J connectivity index is 1.51. The molecule has 1 unspecified atom stereocenters. The Hall–Kier alpha value is -1.47. The number of amides is 1. The van der Waals surface area contributed by atoms with Crippen molar-refractivity contribution in [1.82, 2.24) is 15.0 Å². The summed E-state index contributed by atoms with van der Waals surface area (Å²) in [4.78, 5) is 18.7. The van der Waals surface area contributed by atoms with E-state index in [4.69, 9.17) is 14.4 Å². The Bertz CT molecular complexity index is 511. The molecule has 0 bridgehead atoms. The standard InChI is InChI=1S/C16H25N3O4/c20-9-7-13-11-22-10-8-19(13)15(21)6-5-14-17-16(18-23-14)12-3-1-2-4-12/h12-13,20H,1-11H2. The van der Waals surface area contributed by atoms with Gasteiger partial charge in [-0.1, -0.05) is 18.0 Å². The lowest BCUT2D eigenvalue weighted by atomic mass is 10.1. The zero-order valence-electron chi connectivity index (χ0n) is 13.4. The summed E-state index contributed by atoms with van der Waals surface area (Å²) >= 11 is 0. The van der Waals surface area contributed by atoms with E-state index in [-0.39, 0.29) is 18.6 Å². The first kappa shape index (κ1) is 16.4. The lowest BCUT2D eigenvalue weighted by molar-refractivity contribution is -0.140. The maximum Gasteiger partial charge on any atom is 0.227 e. The van der Waals surface area contributed by atoms with Gasteiger partial charge in [0.25, 0.3) is 0 Å². The van der Waals surface area contributed by atoms with E-state index in [1.807, 2.05) is 4.90 Å².